The lowest BCUT2D eigenvalue weighted by molar-refractivity contribution is -0.142. The van der Waals surface area contributed by atoms with Crippen LogP contribution in [0.15, 0.2) is 24.3 Å². The van der Waals surface area contributed by atoms with Crippen molar-refractivity contribution in [3.63, 3.8) is 0 Å². The molecule has 2 rings (SSSR count). The number of rotatable bonds is 7. The summed E-state index contributed by atoms with van der Waals surface area (Å²) >= 11 is 0. The van der Waals surface area contributed by atoms with Crippen LogP contribution in [0.1, 0.15) is 42.6 Å². The van der Waals surface area contributed by atoms with E-state index in [1.165, 1.54) is 0 Å². The zero-order valence-electron chi connectivity index (χ0n) is 12.2. The van der Waals surface area contributed by atoms with Gasteiger partial charge in [-0.2, -0.15) is 10.5 Å². The number of nitriles is 1. The van der Waals surface area contributed by atoms with Crippen LogP contribution >= 0.6 is 0 Å². The number of carboxylic acids is 1. The van der Waals surface area contributed by atoms with Crippen LogP contribution in [0.3, 0.4) is 0 Å². The van der Waals surface area contributed by atoms with Gasteiger partial charge in [-0.3, -0.25) is 4.79 Å². The molecular formula is C15H17N5O2. The van der Waals surface area contributed by atoms with E-state index < -0.39 is 11.9 Å². The maximum atomic E-state index is 11.6. The molecule has 0 saturated carbocycles. The summed E-state index contributed by atoms with van der Waals surface area (Å²) in [4.78, 5) is 11.6. The number of hydrogen-bond donors (Lipinski definition) is 2. The summed E-state index contributed by atoms with van der Waals surface area (Å²) in [6.07, 6.45) is 1.74. The van der Waals surface area contributed by atoms with E-state index in [0.29, 0.717) is 24.2 Å². The Morgan fingerprint density at radius 2 is 2.32 bits per heavy atom. The first-order chi connectivity index (χ1) is 10.7. The number of aromatic amines is 1. The Labute approximate surface area is 128 Å². The number of H-pyrrole nitrogens is 1. The van der Waals surface area contributed by atoms with E-state index in [1.807, 2.05) is 13.0 Å². The Hall–Kier alpha value is -2.75. The van der Waals surface area contributed by atoms with E-state index in [1.54, 1.807) is 18.2 Å². The van der Waals surface area contributed by atoms with Crippen LogP contribution in [0, 0.1) is 17.2 Å². The fraction of sp³-hybridized carbons (Fsp3) is 0.400. The fourth-order valence-corrected chi connectivity index (χ4v) is 2.57. The summed E-state index contributed by atoms with van der Waals surface area (Å²) in [6.45, 7) is 1.94. The summed E-state index contributed by atoms with van der Waals surface area (Å²) in [7, 11) is 0. The predicted molar refractivity (Wildman–Crippen MR) is 77.8 cm³/mol. The van der Waals surface area contributed by atoms with Gasteiger partial charge in [0, 0.05) is 5.92 Å². The molecule has 114 valence electrons. The maximum Gasteiger partial charge on any atom is 0.307 e. The second-order valence-electron chi connectivity index (χ2n) is 5.13. The monoisotopic (exact) mass is 299 g/mol. The Kier molecular flexibility index (Phi) is 5.20. The van der Waals surface area contributed by atoms with Crippen molar-refractivity contribution in [3.05, 3.63) is 41.2 Å². The predicted octanol–water partition coefficient (Wildman–Crippen LogP) is 1.90. The number of nitrogens with one attached hydrogen (secondary N) is 1. The van der Waals surface area contributed by atoms with E-state index in [9.17, 15) is 9.90 Å². The standard InChI is InChI=1S/C15H17N5O2/c1-2-4-12(15(21)22)13(14-17-19-20-18-14)8-10-5-3-6-11(7-10)9-16/h3,5-7,12-13H,2,4,8H2,1H3,(H,21,22)(H,17,18,19,20)/t12-,13-/m0/s1. The number of hydrogen-bond acceptors (Lipinski definition) is 5. The van der Waals surface area contributed by atoms with Crippen molar-refractivity contribution < 1.29 is 9.90 Å². The maximum absolute atomic E-state index is 11.6. The summed E-state index contributed by atoms with van der Waals surface area (Å²) in [5.41, 5.74) is 1.43. The van der Waals surface area contributed by atoms with Gasteiger partial charge in [0.2, 0.25) is 0 Å². The first kappa shape index (κ1) is 15.6. The number of aliphatic carboxylic acids is 1. The molecule has 1 aromatic carbocycles. The molecule has 0 aliphatic heterocycles. The molecule has 7 heteroatoms. The number of tetrazole rings is 1. The topological polar surface area (TPSA) is 116 Å². The van der Waals surface area contributed by atoms with Crippen LogP contribution in [0.25, 0.3) is 0 Å². The minimum atomic E-state index is -0.868. The lowest BCUT2D eigenvalue weighted by atomic mass is 9.83. The molecule has 0 spiro atoms. The van der Waals surface area contributed by atoms with E-state index in [2.05, 4.69) is 26.7 Å². The van der Waals surface area contributed by atoms with Gasteiger partial charge in [-0.25, -0.2) is 0 Å². The van der Waals surface area contributed by atoms with Crippen molar-refractivity contribution in [2.24, 2.45) is 5.92 Å². The average Bonchev–Trinajstić information content (AvgIpc) is 3.05. The zero-order valence-corrected chi connectivity index (χ0v) is 12.2. The Bertz CT molecular complexity index is 663. The molecule has 1 heterocycles. The Balaban J connectivity index is 2.32. The number of carboxylic acid groups (broad SMARTS) is 1. The molecule has 2 aromatic rings. The number of carbonyl (C=O) groups is 1. The van der Waals surface area contributed by atoms with Crippen molar-refractivity contribution in [2.75, 3.05) is 0 Å². The summed E-state index contributed by atoms with van der Waals surface area (Å²) in [6, 6.07) is 9.23. The Morgan fingerprint density at radius 3 is 2.91 bits per heavy atom. The molecule has 2 N–H and O–H groups in total. The molecule has 2 atom stereocenters. The SMILES string of the molecule is CCC[C@H](C(=O)O)[C@H](Cc1cccc(C#N)c1)c1nn[nH]n1. The van der Waals surface area contributed by atoms with Crippen LogP contribution < -0.4 is 0 Å². The highest BCUT2D eigenvalue weighted by Crippen LogP contribution is 2.29. The van der Waals surface area contributed by atoms with Crippen molar-refractivity contribution in [2.45, 2.75) is 32.1 Å². The molecule has 7 nitrogen and oxygen atoms in total. The van der Waals surface area contributed by atoms with Crippen LogP contribution in [-0.2, 0) is 11.2 Å². The van der Waals surface area contributed by atoms with Crippen LogP contribution in [0.4, 0.5) is 0 Å². The molecule has 0 saturated heterocycles. The highest BCUT2D eigenvalue weighted by molar-refractivity contribution is 5.71. The molecule has 0 unspecified atom stereocenters. The fourth-order valence-electron chi connectivity index (χ4n) is 2.57. The highest BCUT2D eigenvalue weighted by Gasteiger charge is 2.31. The van der Waals surface area contributed by atoms with Gasteiger partial charge in [0.15, 0.2) is 5.82 Å². The van der Waals surface area contributed by atoms with Gasteiger partial charge in [0.05, 0.1) is 17.6 Å². The van der Waals surface area contributed by atoms with E-state index in [4.69, 9.17) is 5.26 Å². The normalized spacial score (nSPS) is 13.3. The molecule has 22 heavy (non-hydrogen) atoms. The number of nitrogens with zero attached hydrogens (tertiary/aromatic N) is 4. The number of benzene rings is 1. The molecule has 0 fully saturated rings. The van der Waals surface area contributed by atoms with Gasteiger partial charge in [-0.05, 0) is 30.5 Å². The van der Waals surface area contributed by atoms with E-state index in [0.717, 1.165) is 12.0 Å². The van der Waals surface area contributed by atoms with Gasteiger partial charge in [-0.15, -0.1) is 10.2 Å². The number of aromatic nitrogens is 4. The molecule has 0 amide bonds. The van der Waals surface area contributed by atoms with Crippen molar-refractivity contribution in [3.8, 4) is 6.07 Å². The molecule has 0 aliphatic rings. The second-order valence-corrected chi connectivity index (χ2v) is 5.13. The van der Waals surface area contributed by atoms with Crippen LogP contribution in [-0.4, -0.2) is 31.7 Å². The third-order valence-electron chi connectivity index (χ3n) is 3.61. The quantitative estimate of drug-likeness (QED) is 0.806. The molecule has 1 aromatic heterocycles. The molecular weight excluding hydrogens is 282 g/mol. The lowest BCUT2D eigenvalue weighted by Gasteiger charge is -2.21. The summed E-state index contributed by atoms with van der Waals surface area (Å²) in [5, 5.41) is 32.3. The third kappa shape index (κ3) is 3.67. The third-order valence-corrected chi connectivity index (χ3v) is 3.61. The van der Waals surface area contributed by atoms with Crippen LogP contribution in [0.2, 0.25) is 0 Å². The lowest BCUT2D eigenvalue weighted by Crippen LogP contribution is -2.25. The molecule has 0 radical (unpaired) electrons. The van der Waals surface area contributed by atoms with Gasteiger partial charge < -0.3 is 5.11 Å². The van der Waals surface area contributed by atoms with E-state index >= 15 is 0 Å². The van der Waals surface area contributed by atoms with Crippen molar-refractivity contribution in [1.82, 2.24) is 20.6 Å². The summed E-state index contributed by atoms with van der Waals surface area (Å²) in [5.74, 6) is -1.45. The first-order valence-corrected chi connectivity index (χ1v) is 7.10. The minimum absolute atomic E-state index is 0.384. The van der Waals surface area contributed by atoms with Crippen molar-refractivity contribution >= 4 is 5.97 Å². The van der Waals surface area contributed by atoms with Crippen molar-refractivity contribution in [1.29, 1.82) is 5.26 Å². The van der Waals surface area contributed by atoms with Gasteiger partial charge in [0.25, 0.3) is 0 Å². The molecule has 0 bridgehead atoms. The minimum Gasteiger partial charge on any atom is -0.481 e. The summed E-state index contributed by atoms with van der Waals surface area (Å²) < 4.78 is 0. The average molecular weight is 299 g/mol. The highest BCUT2D eigenvalue weighted by atomic mass is 16.4. The van der Waals surface area contributed by atoms with E-state index in [-0.39, 0.29) is 5.92 Å². The smallest absolute Gasteiger partial charge is 0.307 e. The Morgan fingerprint density at radius 1 is 1.50 bits per heavy atom. The zero-order chi connectivity index (χ0) is 15.9. The first-order valence-electron chi connectivity index (χ1n) is 7.10. The van der Waals surface area contributed by atoms with Gasteiger partial charge in [0.1, 0.15) is 0 Å². The second kappa shape index (κ2) is 7.31. The van der Waals surface area contributed by atoms with Crippen LogP contribution in [0.5, 0.6) is 0 Å². The molecule has 0 aliphatic carbocycles. The largest absolute Gasteiger partial charge is 0.481 e. The van der Waals surface area contributed by atoms with Gasteiger partial charge >= 0.3 is 5.97 Å². The van der Waals surface area contributed by atoms with Gasteiger partial charge in [-0.1, -0.05) is 30.7 Å².